The first-order chi connectivity index (χ1) is 13.6. The number of amides is 1. The molecule has 1 unspecified atom stereocenters. The lowest BCUT2D eigenvalue weighted by Gasteiger charge is -2.35. The number of nitrogens with zero attached hydrogens (tertiary/aromatic N) is 2. The third-order valence-corrected chi connectivity index (χ3v) is 5.64. The number of thioether (sulfide) groups is 1. The number of hydrogen-bond acceptors (Lipinski definition) is 6. The third kappa shape index (κ3) is 5.16. The zero-order chi connectivity index (χ0) is 19.9. The predicted molar refractivity (Wildman–Crippen MR) is 110 cm³/mol. The van der Waals surface area contributed by atoms with Gasteiger partial charge in [-0.2, -0.15) is 0 Å². The number of hydrogen-bond donors (Lipinski definition) is 1. The average Bonchev–Trinajstić information content (AvgIpc) is 2.72. The molecule has 28 heavy (non-hydrogen) atoms. The standard InChI is InChI=1S/C20H23N3O4S/c1-27-19-7-3-2-6-18(19)22-12-4-5-15(13-22)21-20(24)14-28-17-10-8-16(9-11-17)23(25)26/h2-3,6-11,15H,4-5,12-14H2,1H3,(H,21,24). The van der Waals surface area contributed by atoms with E-state index in [1.165, 1.54) is 23.9 Å². The summed E-state index contributed by atoms with van der Waals surface area (Å²) in [6.45, 7) is 1.68. The number of carbonyl (C=O) groups is 1. The number of methoxy groups -OCH3 is 1. The summed E-state index contributed by atoms with van der Waals surface area (Å²) in [5.74, 6) is 1.08. The van der Waals surface area contributed by atoms with E-state index in [0.29, 0.717) is 0 Å². The molecule has 8 heteroatoms. The first-order valence-electron chi connectivity index (χ1n) is 9.11. The smallest absolute Gasteiger partial charge is 0.269 e. The Morgan fingerprint density at radius 2 is 2.04 bits per heavy atom. The number of ether oxygens (including phenoxy) is 1. The van der Waals surface area contributed by atoms with Crippen molar-refractivity contribution in [2.75, 3.05) is 30.9 Å². The van der Waals surface area contributed by atoms with Crippen molar-refractivity contribution in [1.29, 1.82) is 0 Å². The summed E-state index contributed by atoms with van der Waals surface area (Å²) < 4.78 is 5.45. The average molecular weight is 401 g/mol. The molecule has 2 aromatic rings. The van der Waals surface area contributed by atoms with E-state index in [1.54, 1.807) is 19.2 Å². The van der Waals surface area contributed by atoms with Crippen LogP contribution in [0.3, 0.4) is 0 Å². The molecule has 7 nitrogen and oxygen atoms in total. The fourth-order valence-electron chi connectivity index (χ4n) is 3.29. The lowest BCUT2D eigenvalue weighted by atomic mass is 10.0. The molecule has 2 aromatic carbocycles. The molecule has 1 atom stereocenters. The van der Waals surface area contributed by atoms with Crippen LogP contribution in [-0.4, -0.2) is 42.8 Å². The number of anilines is 1. The van der Waals surface area contributed by atoms with Crippen molar-refractivity contribution in [3.05, 3.63) is 58.6 Å². The molecule has 0 bridgehead atoms. The van der Waals surface area contributed by atoms with Crippen LogP contribution in [-0.2, 0) is 4.79 Å². The Labute approximate surface area is 168 Å². The minimum absolute atomic E-state index is 0.0322. The molecule has 1 aliphatic heterocycles. The van der Waals surface area contributed by atoms with E-state index in [2.05, 4.69) is 10.2 Å². The van der Waals surface area contributed by atoms with E-state index in [-0.39, 0.29) is 23.4 Å². The molecule has 1 aliphatic rings. The molecule has 1 fully saturated rings. The van der Waals surface area contributed by atoms with Crippen molar-refractivity contribution < 1.29 is 14.5 Å². The van der Waals surface area contributed by atoms with E-state index in [9.17, 15) is 14.9 Å². The maximum absolute atomic E-state index is 12.3. The molecule has 3 rings (SSSR count). The Morgan fingerprint density at radius 1 is 1.29 bits per heavy atom. The van der Waals surface area contributed by atoms with Gasteiger partial charge in [-0.25, -0.2) is 0 Å². The first-order valence-corrected chi connectivity index (χ1v) is 10.1. The van der Waals surface area contributed by atoms with Gasteiger partial charge < -0.3 is 15.0 Å². The number of benzene rings is 2. The van der Waals surface area contributed by atoms with E-state index in [1.807, 2.05) is 24.3 Å². The highest BCUT2D eigenvalue weighted by molar-refractivity contribution is 8.00. The number of rotatable bonds is 7. The molecule has 1 saturated heterocycles. The summed E-state index contributed by atoms with van der Waals surface area (Å²) >= 11 is 1.37. The molecule has 0 saturated carbocycles. The van der Waals surface area contributed by atoms with Crippen molar-refractivity contribution in [3.8, 4) is 5.75 Å². The number of non-ortho nitro benzene ring substituents is 1. The fourth-order valence-corrected chi connectivity index (χ4v) is 4.00. The molecule has 1 heterocycles. The summed E-state index contributed by atoms with van der Waals surface area (Å²) in [6, 6.07) is 14.2. The van der Waals surface area contributed by atoms with Crippen LogP contribution < -0.4 is 15.0 Å². The Morgan fingerprint density at radius 3 is 2.75 bits per heavy atom. The third-order valence-electron chi connectivity index (χ3n) is 4.63. The Bertz CT molecular complexity index is 828. The number of nitro benzene ring substituents is 1. The number of nitrogens with one attached hydrogen (secondary N) is 1. The molecule has 0 aliphatic carbocycles. The number of piperidine rings is 1. The van der Waals surface area contributed by atoms with Gasteiger partial charge in [0.1, 0.15) is 5.75 Å². The zero-order valence-corrected chi connectivity index (χ0v) is 16.5. The summed E-state index contributed by atoms with van der Waals surface area (Å²) in [5.41, 5.74) is 1.09. The van der Waals surface area contributed by atoms with E-state index < -0.39 is 4.92 Å². The number of nitro groups is 1. The van der Waals surface area contributed by atoms with Crippen LogP contribution in [0.5, 0.6) is 5.75 Å². The highest BCUT2D eigenvalue weighted by Gasteiger charge is 2.23. The van der Waals surface area contributed by atoms with Crippen molar-refractivity contribution in [1.82, 2.24) is 5.32 Å². The SMILES string of the molecule is COc1ccccc1N1CCCC(NC(=O)CSc2ccc([N+](=O)[O-])cc2)C1. The van der Waals surface area contributed by atoms with Crippen molar-refractivity contribution >= 4 is 29.0 Å². The largest absolute Gasteiger partial charge is 0.495 e. The lowest BCUT2D eigenvalue weighted by Crippen LogP contribution is -2.48. The lowest BCUT2D eigenvalue weighted by molar-refractivity contribution is -0.384. The van der Waals surface area contributed by atoms with Crippen molar-refractivity contribution in [2.45, 2.75) is 23.8 Å². The predicted octanol–water partition coefficient (Wildman–Crippen LogP) is 3.48. The van der Waals surface area contributed by atoms with Crippen LogP contribution in [0, 0.1) is 10.1 Å². The molecule has 148 valence electrons. The van der Waals surface area contributed by atoms with Gasteiger partial charge in [-0.3, -0.25) is 14.9 Å². The van der Waals surface area contributed by atoms with Crippen LogP contribution in [0.4, 0.5) is 11.4 Å². The van der Waals surface area contributed by atoms with Crippen LogP contribution in [0.2, 0.25) is 0 Å². The second kappa shape index (κ2) is 9.45. The van der Waals surface area contributed by atoms with Gasteiger partial charge in [-0.1, -0.05) is 12.1 Å². The van der Waals surface area contributed by atoms with Gasteiger partial charge in [-0.05, 0) is 37.1 Å². The normalized spacial score (nSPS) is 16.5. The van der Waals surface area contributed by atoms with Gasteiger partial charge in [0, 0.05) is 36.2 Å². The van der Waals surface area contributed by atoms with Crippen LogP contribution in [0.25, 0.3) is 0 Å². The summed E-state index contributed by atoms with van der Waals surface area (Å²) in [6.07, 6.45) is 1.94. The van der Waals surface area contributed by atoms with Gasteiger partial charge in [0.15, 0.2) is 0 Å². The van der Waals surface area contributed by atoms with Crippen molar-refractivity contribution in [3.63, 3.8) is 0 Å². The second-order valence-electron chi connectivity index (χ2n) is 6.56. The molecule has 1 amide bonds. The maximum Gasteiger partial charge on any atom is 0.269 e. The highest BCUT2D eigenvalue weighted by Crippen LogP contribution is 2.30. The summed E-state index contributed by atoms with van der Waals surface area (Å²) in [7, 11) is 1.66. The Hall–Kier alpha value is -2.74. The van der Waals surface area contributed by atoms with Gasteiger partial charge in [0.25, 0.3) is 5.69 Å². The molecule has 0 spiro atoms. The molecule has 0 aromatic heterocycles. The monoisotopic (exact) mass is 401 g/mol. The minimum Gasteiger partial charge on any atom is -0.495 e. The molecule has 1 N–H and O–H groups in total. The molecular weight excluding hydrogens is 378 g/mol. The number of para-hydroxylation sites is 2. The fraction of sp³-hybridized carbons (Fsp3) is 0.350. The van der Waals surface area contributed by atoms with Crippen LogP contribution >= 0.6 is 11.8 Å². The number of carbonyl (C=O) groups excluding carboxylic acids is 1. The van der Waals surface area contributed by atoms with Gasteiger partial charge >= 0.3 is 0 Å². The molecule has 0 radical (unpaired) electrons. The summed E-state index contributed by atoms with van der Waals surface area (Å²) in [5, 5.41) is 13.8. The minimum atomic E-state index is -0.433. The molecular formula is C20H23N3O4S. The van der Waals surface area contributed by atoms with E-state index >= 15 is 0 Å². The van der Waals surface area contributed by atoms with E-state index in [4.69, 9.17) is 4.74 Å². The highest BCUT2D eigenvalue weighted by atomic mass is 32.2. The quantitative estimate of drug-likeness (QED) is 0.434. The van der Waals surface area contributed by atoms with Crippen LogP contribution in [0.15, 0.2) is 53.4 Å². The van der Waals surface area contributed by atoms with E-state index in [0.717, 1.165) is 42.3 Å². The van der Waals surface area contributed by atoms with Gasteiger partial charge in [0.2, 0.25) is 5.91 Å². The first kappa shape index (κ1) is 20.0. The van der Waals surface area contributed by atoms with Crippen molar-refractivity contribution in [2.24, 2.45) is 0 Å². The van der Waals surface area contributed by atoms with Gasteiger partial charge in [-0.15, -0.1) is 11.8 Å². The zero-order valence-electron chi connectivity index (χ0n) is 15.7. The Kier molecular flexibility index (Phi) is 6.76. The second-order valence-corrected chi connectivity index (χ2v) is 7.61. The van der Waals surface area contributed by atoms with Crippen LogP contribution in [0.1, 0.15) is 12.8 Å². The van der Waals surface area contributed by atoms with Gasteiger partial charge in [0.05, 0.1) is 23.5 Å². The topological polar surface area (TPSA) is 84.7 Å². The maximum atomic E-state index is 12.3. The Balaban J connectivity index is 1.51. The summed E-state index contributed by atoms with van der Waals surface area (Å²) in [4.78, 5) is 25.7.